The Morgan fingerprint density at radius 1 is 1.04 bits per heavy atom. The van der Waals surface area contributed by atoms with Crippen LogP contribution >= 0.6 is 0 Å². The highest BCUT2D eigenvalue weighted by atomic mass is 19.1. The standard InChI is InChI=1S/C15H19FO.C15H17NO8.C7H14.C2H5F/c16-14(11-10-13-6-4-5-7-13)12-17-15-8-2-1-3-9-15;1-21-14-10-12(4-6-13(14)23-11-17)5-7-15(18)22-8-2-3-9-24-16(19)20;1-3-5-7-6-4-2;1-2-3/h1-3,8-11,13-14H,4-7,12H2;4-7,10-11H,2-3,8-9H2,1H3;3,5H,4,6-7H2,1-2H3;2H2,1H3/b11-10+;7-5+;5-3-;. The van der Waals surface area contributed by atoms with E-state index in [9.17, 15) is 28.5 Å². The molecule has 0 saturated heterocycles. The van der Waals surface area contributed by atoms with Crippen LogP contribution in [0.15, 0.2) is 78.9 Å². The van der Waals surface area contributed by atoms with Crippen LogP contribution < -0.4 is 14.2 Å². The van der Waals surface area contributed by atoms with Crippen LogP contribution in [0.3, 0.4) is 0 Å². The highest BCUT2D eigenvalue weighted by Crippen LogP contribution is 2.28. The number of unbranched alkanes of at least 4 members (excludes halogenated alkanes) is 3. The Hall–Kier alpha value is -4.74. The topological polar surface area (TPSA) is 123 Å². The number of ether oxygens (including phenoxy) is 4. The summed E-state index contributed by atoms with van der Waals surface area (Å²) in [6.07, 6.45) is 19.5. The van der Waals surface area contributed by atoms with Gasteiger partial charge in [0.1, 0.15) is 12.4 Å². The number of hydrogen-bond donors (Lipinski definition) is 0. The Morgan fingerprint density at radius 3 is 2.33 bits per heavy atom. The fraction of sp³-hybridized carbons (Fsp3) is 0.487. The number of carbonyl (C=O) groups is 2. The molecule has 1 unspecified atom stereocenters. The summed E-state index contributed by atoms with van der Waals surface area (Å²) in [6, 6.07) is 14.1. The molecular formula is C39H55F2NO9. The smallest absolute Gasteiger partial charge is 0.330 e. The summed E-state index contributed by atoms with van der Waals surface area (Å²) >= 11 is 0. The number of alkyl halides is 2. The van der Waals surface area contributed by atoms with Gasteiger partial charge >= 0.3 is 5.97 Å². The summed E-state index contributed by atoms with van der Waals surface area (Å²) < 4.78 is 43.9. The number of rotatable bonds is 19. The highest BCUT2D eigenvalue weighted by Gasteiger charge is 2.12. The molecule has 3 rings (SSSR count). The lowest BCUT2D eigenvalue weighted by Gasteiger charge is -2.08. The molecule has 2 aromatic carbocycles. The minimum Gasteiger partial charge on any atom is -0.493 e. The molecular weight excluding hydrogens is 664 g/mol. The van der Waals surface area contributed by atoms with Crippen LogP contribution in [0.1, 0.15) is 84.1 Å². The van der Waals surface area contributed by atoms with Gasteiger partial charge in [-0.2, -0.15) is 0 Å². The van der Waals surface area contributed by atoms with Gasteiger partial charge in [0.05, 0.1) is 27.0 Å². The van der Waals surface area contributed by atoms with Gasteiger partial charge in [-0.15, -0.1) is 10.1 Å². The molecule has 2 aromatic rings. The SMILES string of the molecule is C/C=C\CCCC.CCF.COc1cc(/C=C/C(=O)OCCCCO[N+](=O)[O-])ccc1OC=O.FC(/C=C/C1CCCC1)COc1ccccc1. The largest absolute Gasteiger partial charge is 0.493 e. The molecule has 284 valence electrons. The molecule has 0 aliphatic heterocycles. The summed E-state index contributed by atoms with van der Waals surface area (Å²) in [5.41, 5.74) is 0.654. The summed E-state index contributed by atoms with van der Waals surface area (Å²) in [4.78, 5) is 35.9. The molecule has 0 heterocycles. The van der Waals surface area contributed by atoms with E-state index in [0.29, 0.717) is 36.5 Å². The van der Waals surface area contributed by atoms with E-state index < -0.39 is 17.2 Å². The van der Waals surface area contributed by atoms with E-state index in [0.717, 1.165) is 5.75 Å². The molecule has 0 amide bonds. The van der Waals surface area contributed by atoms with E-state index in [1.54, 1.807) is 18.2 Å². The van der Waals surface area contributed by atoms with Crippen molar-refractivity contribution in [1.29, 1.82) is 0 Å². The van der Waals surface area contributed by atoms with Crippen molar-refractivity contribution in [3.63, 3.8) is 0 Å². The first-order valence-corrected chi connectivity index (χ1v) is 17.3. The second-order valence-electron chi connectivity index (χ2n) is 10.9. The first-order valence-electron chi connectivity index (χ1n) is 17.3. The van der Waals surface area contributed by atoms with Crippen molar-refractivity contribution in [3.05, 3.63) is 94.6 Å². The predicted octanol–water partition coefficient (Wildman–Crippen LogP) is 9.65. The van der Waals surface area contributed by atoms with E-state index >= 15 is 0 Å². The molecule has 0 radical (unpaired) electrons. The number of allylic oxidation sites excluding steroid dienone is 3. The zero-order valence-corrected chi connectivity index (χ0v) is 30.4. The Kier molecular flexibility index (Phi) is 29.4. The van der Waals surface area contributed by atoms with Crippen LogP contribution in [0.25, 0.3) is 6.08 Å². The van der Waals surface area contributed by atoms with Crippen molar-refractivity contribution in [3.8, 4) is 17.2 Å². The maximum atomic E-state index is 13.5. The second-order valence-corrected chi connectivity index (χ2v) is 10.9. The third-order valence-electron chi connectivity index (χ3n) is 6.86. The van der Waals surface area contributed by atoms with Gasteiger partial charge in [0.25, 0.3) is 11.6 Å². The molecule has 0 spiro atoms. The Morgan fingerprint density at radius 2 is 1.73 bits per heavy atom. The number of methoxy groups -OCH3 is 1. The Balaban J connectivity index is 0.000000798. The molecule has 0 aromatic heterocycles. The summed E-state index contributed by atoms with van der Waals surface area (Å²) in [5, 5.41) is 9.05. The average molecular weight is 720 g/mol. The lowest BCUT2D eigenvalue weighted by Crippen LogP contribution is -2.10. The molecule has 1 atom stereocenters. The van der Waals surface area contributed by atoms with Crippen molar-refractivity contribution in [2.75, 3.05) is 33.6 Å². The second kappa shape index (κ2) is 32.5. The number of nitrogens with zero attached hydrogens (tertiary/aromatic N) is 1. The van der Waals surface area contributed by atoms with Crippen LogP contribution in [-0.2, 0) is 19.2 Å². The maximum Gasteiger partial charge on any atom is 0.330 e. The van der Waals surface area contributed by atoms with Gasteiger partial charge in [0.15, 0.2) is 17.7 Å². The summed E-state index contributed by atoms with van der Waals surface area (Å²) in [6.45, 7) is 5.99. The van der Waals surface area contributed by atoms with Gasteiger partial charge in [-0.25, -0.2) is 9.18 Å². The molecule has 1 aliphatic carbocycles. The van der Waals surface area contributed by atoms with Crippen molar-refractivity contribution in [2.45, 2.75) is 84.7 Å². The number of para-hydroxylation sites is 1. The van der Waals surface area contributed by atoms with Crippen molar-refractivity contribution in [1.82, 2.24) is 0 Å². The number of esters is 1. The molecule has 12 heteroatoms. The van der Waals surface area contributed by atoms with Crippen LogP contribution in [0.2, 0.25) is 0 Å². The monoisotopic (exact) mass is 719 g/mol. The molecule has 10 nitrogen and oxygen atoms in total. The Bertz CT molecular complexity index is 1270. The quantitative estimate of drug-likeness (QED) is 0.0266. The molecule has 51 heavy (non-hydrogen) atoms. The van der Waals surface area contributed by atoms with E-state index in [1.807, 2.05) is 36.4 Å². The van der Waals surface area contributed by atoms with E-state index in [4.69, 9.17) is 18.9 Å². The normalized spacial score (nSPS) is 12.8. The number of hydrogen-bond acceptors (Lipinski definition) is 9. The lowest BCUT2D eigenvalue weighted by molar-refractivity contribution is -0.757. The van der Waals surface area contributed by atoms with E-state index in [1.165, 1.54) is 77.2 Å². The van der Waals surface area contributed by atoms with Crippen LogP contribution in [0, 0.1) is 16.0 Å². The third-order valence-corrected chi connectivity index (χ3v) is 6.86. The summed E-state index contributed by atoms with van der Waals surface area (Å²) in [7, 11) is 1.43. The molecule has 0 bridgehead atoms. The first-order chi connectivity index (χ1) is 24.7. The first kappa shape index (κ1) is 46.3. The Labute approximate surface area is 301 Å². The van der Waals surface area contributed by atoms with Gasteiger partial charge < -0.3 is 23.8 Å². The zero-order chi connectivity index (χ0) is 38.0. The number of benzene rings is 2. The van der Waals surface area contributed by atoms with Crippen LogP contribution in [-0.4, -0.2) is 57.3 Å². The van der Waals surface area contributed by atoms with E-state index in [2.05, 4.69) is 30.8 Å². The van der Waals surface area contributed by atoms with Gasteiger partial charge in [-0.05, 0) is 87.8 Å². The van der Waals surface area contributed by atoms with Gasteiger partial charge in [-0.3, -0.25) is 9.18 Å². The van der Waals surface area contributed by atoms with Crippen molar-refractivity contribution < 1.29 is 47.2 Å². The predicted molar refractivity (Wildman–Crippen MR) is 196 cm³/mol. The molecule has 0 N–H and O–H groups in total. The van der Waals surface area contributed by atoms with E-state index in [-0.39, 0.29) is 32.2 Å². The minimum absolute atomic E-state index is 0.0323. The fourth-order valence-electron chi connectivity index (χ4n) is 4.33. The lowest BCUT2D eigenvalue weighted by atomic mass is 10.1. The molecule has 1 saturated carbocycles. The molecule has 1 fully saturated rings. The number of halogens is 2. The third kappa shape index (κ3) is 26.8. The van der Waals surface area contributed by atoms with Gasteiger partial charge in [0, 0.05) is 6.08 Å². The van der Waals surface area contributed by atoms with Crippen LogP contribution in [0.4, 0.5) is 8.78 Å². The van der Waals surface area contributed by atoms with Crippen LogP contribution in [0.5, 0.6) is 17.2 Å². The minimum atomic E-state index is -1.00. The van der Waals surface area contributed by atoms with Crippen molar-refractivity contribution in [2.24, 2.45) is 5.92 Å². The highest BCUT2D eigenvalue weighted by molar-refractivity contribution is 5.87. The fourth-order valence-corrected chi connectivity index (χ4v) is 4.33. The van der Waals surface area contributed by atoms with Gasteiger partial charge in [-0.1, -0.05) is 81.2 Å². The zero-order valence-electron chi connectivity index (χ0n) is 30.4. The maximum absolute atomic E-state index is 13.5. The average Bonchev–Trinajstić information content (AvgIpc) is 3.66. The molecule has 1 aliphatic rings. The summed E-state index contributed by atoms with van der Waals surface area (Å²) in [5.74, 6) is 1.39. The number of carbonyl (C=O) groups excluding carboxylic acids is 2. The van der Waals surface area contributed by atoms with Gasteiger partial charge in [0.2, 0.25) is 0 Å². The van der Waals surface area contributed by atoms with Crippen molar-refractivity contribution >= 4 is 18.5 Å².